The number of rotatable bonds is 5. The normalized spacial score (nSPS) is 18.8. The van der Waals surface area contributed by atoms with Gasteiger partial charge in [-0.2, -0.15) is 4.31 Å². The van der Waals surface area contributed by atoms with Gasteiger partial charge in [0.25, 0.3) is 0 Å². The van der Waals surface area contributed by atoms with Crippen molar-refractivity contribution >= 4 is 22.4 Å². The molecule has 2 rings (SSSR count). The van der Waals surface area contributed by atoms with Crippen LogP contribution in [-0.2, 0) is 22.9 Å². The Morgan fingerprint density at radius 1 is 1.24 bits per heavy atom. The zero-order chi connectivity index (χ0) is 14.8. The molecule has 1 aliphatic heterocycles. The first kappa shape index (κ1) is 18.4. The molecule has 1 unspecified atom stereocenters. The van der Waals surface area contributed by atoms with Crippen LogP contribution in [0.15, 0.2) is 23.1 Å². The fourth-order valence-corrected chi connectivity index (χ4v) is 4.19. The Hall–Kier alpha value is -0.620. The molecule has 120 valence electrons. The predicted octanol–water partition coefficient (Wildman–Crippen LogP) is 2.22. The maximum atomic E-state index is 12.7. The van der Waals surface area contributed by atoms with Gasteiger partial charge in [-0.3, -0.25) is 0 Å². The van der Waals surface area contributed by atoms with Crippen LogP contribution in [0.25, 0.3) is 0 Å². The molecule has 1 saturated heterocycles. The second-order valence-corrected chi connectivity index (χ2v) is 7.30. The van der Waals surface area contributed by atoms with E-state index >= 15 is 0 Å². The van der Waals surface area contributed by atoms with Crippen LogP contribution in [0, 0.1) is 0 Å². The van der Waals surface area contributed by atoms with E-state index in [9.17, 15) is 8.42 Å². The van der Waals surface area contributed by atoms with Gasteiger partial charge in [0.1, 0.15) is 0 Å². The molecule has 6 heteroatoms. The highest BCUT2D eigenvalue weighted by atomic mass is 35.5. The molecular formula is C15H25ClN2O2S. The van der Waals surface area contributed by atoms with Crippen molar-refractivity contribution in [2.45, 2.75) is 44.0 Å². The van der Waals surface area contributed by atoms with Crippen LogP contribution in [0.1, 0.15) is 31.4 Å². The molecule has 0 bridgehead atoms. The highest BCUT2D eigenvalue weighted by molar-refractivity contribution is 7.89. The smallest absolute Gasteiger partial charge is 0.243 e. The summed E-state index contributed by atoms with van der Waals surface area (Å²) >= 11 is 0. The fraction of sp³-hybridized carbons (Fsp3) is 0.600. The van der Waals surface area contributed by atoms with Crippen LogP contribution in [0.5, 0.6) is 0 Å². The van der Waals surface area contributed by atoms with Crippen LogP contribution < -0.4 is 5.32 Å². The largest absolute Gasteiger partial charge is 0.315 e. The van der Waals surface area contributed by atoms with Gasteiger partial charge in [0, 0.05) is 19.6 Å². The monoisotopic (exact) mass is 332 g/mol. The molecule has 1 aromatic carbocycles. The van der Waals surface area contributed by atoms with E-state index in [0.717, 1.165) is 37.9 Å². The number of halogens is 1. The molecule has 0 aromatic heterocycles. The van der Waals surface area contributed by atoms with Crippen molar-refractivity contribution < 1.29 is 8.42 Å². The number of benzene rings is 1. The van der Waals surface area contributed by atoms with Gasteiger partial charge in [-0.15, -0.1) is 12.4 Å². The Balaban J connectivity index is 0.00000220. The summed E-state index contributed by atoms with van der Waals surface area (Å²) in [5, 5.41) is 3.21. The number of sulfonamides is 1. The van der Waals surface area contributed by atoms with E-state index in [1.54, 1.807) is 13.1 Å². The third-order valence-corrected chi connectivity index (χ3v) is 6.07. The average Bonchev–Trinajstić information content (AvgIpc) is 2.99. The van der Waals surface area contributed by atoms with Crippen LogP contribution in [0.3, 0.4) is 0 Å². The average molecular weight is 333 g/mol. The first-order valence-corrected chi connectivity index (χ1v) is 8.75. The van der Waals surface area contributed by atoms with Crippen molar-refractivity contribution in [2.75, 3.05) is 20.1 Å². The Morgan fingerprint density at radius 3 is 2.43 bits per heavy atom. The number of hydrogen-bond donors (Lipinski definition) is 1. The lowest BCUT2D eigenvalue weighted by Gasteiger charge is -2.23. The lowest BCUT2D eigenvalue weighted by molar-refractivity contribution is 0.387. The van der Waals surface area contributed by atoms with E-state index in [4.69, 9.17) is 0 Å². The van der Waals surface area contributed by atoms with E-state index in [0.29, 0.717) is 4.90 Å². The Morgan fingerprint density at radius 2 is 1.90 bits per heavy atom. The minimum absolute atomic E-state index is 0. The summed E-state index contributed by atoms with van der Waals surface area (Å²) in [6.45, 7) is 5.79. The van der Waals surface area contributed by atoms with Gasteiger partial charge in [-0.25, -0.2) is 8.42 Å². The Kier molecular flexibility index (Phi) is 6.66. The van der Waals surface area contributed by atoms with Crippen LogP contribution in [0.2, 0.25) is 0 Å². The summed E-state index contributed by atoms with van der Waals surface area (Å²) in [5.41, 5.74) is 2.36. The summed E-state index contributed by atoms with van der Waals surface area (Å²) in [5.74, 6) is 0. The number of likely N-dealkylation sites (N-methyl/N-ethyl adjacent to an activating group) is 1. The van der Waals surface area contributed by atoms with Crippen molar-refractivity contribution in [2.24, 2.45) is 0 Å². The molecular weight excluding hydrogens is 308 g/mol. The van der Waals surface area contributed by atoms with Gasteiger partial charge in [0.15, 0.2) is 0 Å². The number of nitrogens with one attached hydrogen (secondary N) is 1. The number of hydrogen-bond acceptors (Lipinski definition) is 3. The molecule has 1 aromatic rings. The lowest BCUT2D eigenvalue weighted by atomic mass is 10.0. The molecule has 1 atom stereocenters. The summed E-state index contributed by atoms with van der Waals surface area (Å²) in [6.07, 6.45) is 2.68. The van der Waals surface area contributed by atoms with Gasteiger partial charge in [0.2, 0.25) is 10.0 Å². The predicted molar refractivity (Wildman–Crippen MR) is 88.7 cm³/mol. The van der Waals surface area contributed by atoms with Crippen molar-refractivity contribution in [1.29, 1.82) is 0 Å². The molecule has 0 saturated carbocycles. The zero-order valence-electron chi connectivity index (χ0n) is 12.9. The molecule has 1 fully saturated rings. The SMILES string of the molecule is CCc1ccc(S(=O)(=O)N(C)C2CCNC2)cc1CC.Cl. The van der Waals surface area contributed by atoms with Gasteiger partial charge >= 0.3 is 0 Å². The quantitative estimate of drug-likeness (QED) is 0.899. The van der Waals surface area contributed by atoms with Crippen LogP contribution >= 0.6 is 12.4 Å². The maximum Gasteiger partial charge on any atom is 0.243 e. The molecule has 1 aliphatic rings. The van der Waals surface area contributed by atoms with E-state index in [1.165, 1.54) is 9.87 Å². The standard InChI is InChI=1S/C15H24N2O2S.ClH/c1-4-12-6-7-15(10-13(12)5-2)20(18,19)17(3)14-8-9-16-11-14;/h6-7,10,14,16H,4-5,8-9,11H2,1-3H3;1H. The molecule has 0 amide bonds. The molecule has 4 nitrogen and oxygen atoms in total. The molecule has 1 heterocycles. The molecule has 0 aliphatic carbocycles. The van der Waals surface area contributed by atoms with E-state index in [-0.39, 0.29) is 18.4 Å². The van der Waals surface area contributed by atoms with Gasteiger partial charge in [-0.05, 0) is 49.1 Å². The maximum absolute atomic E-state index is 12.7. The van der Waals surface area contributed by atoms with Crippen molar-refractivity contribution in [3.05, 3.63) is 29.3 Å². The minimum Gasteiger partial charge on any atom is -0.315 e. The van der Waals surface area contributed by atoms with Crippen molar-refractivity contribution in [1.82, 2.24) is 9.62 Å². The summed E-state index contributed by atoms with van der Waals surface area (Å²) in [6, 6.07) is 5.60. The van der Waals surface area contributed by atoms with Crippen molar-refractivity contribution in [3.63, 3.8) is 0 Å². The van der Waals surface area contributed by atoms with Crippen LogP contribution in [0.4, 0.5) is 0 Å². The first-order valence-electron chi connectivity index (χ1n) is 7.31. The van der Waals surface area contributed by atoms with E-state index in [1.807, 2.05) is 12.1 Å². The molecule has 21 heavy (non-hydrogen) atoms. The fourth-order valence-electron chi connectivity index (χ4n) is 2.75. The third kappa shape index (κ3) is 3.77. The third-order valence-electron chi connectivity index (χ3n) is 4.17. The Bertz CT molecular complexity index is 569. The van der Waals surface area contributed by atoms with Crippen molar-refractivity contribution in [3.8, 4) is 0 Å². The first-order chi connectivity index (χ1) is 9.50. The number of aryl methyl sites for hydroxylation is 2. The minimum atomic E-state index is -3.39. The van der Waals surface area contributed by atoms with Gasteiger partial charge < -0.3 is 5.32 Å². The summed E-state index contributed by atoms with van der Waals surface area (Å²) in [7, 11) is -1.70. The summed E-state index contributed by atoms with van der Waals surface area (Å²) < 4.78 is 26.9. The number of nitrogens with zero attached hydrogens (tertiary/aromatic N) is 1. The molecule has 0 radical (unpaired) electrons. The zero-order valence-corrected chi connectivity index (χ0v) is 14.6. The van der Waals surface area contributed by atoms with Gasteiger partial charge in [-0.1, -0.05) is 19.9 Å². The topological polar surface area (TPSA) is 49.4 Å². The summed E-state index contributed by atoms with van der Waals surface area (Å²) in [4.78, 5) is 0.418. The van der Waals surface area contributed by atoms with Crippen LogP contribution in [-0.4, -0.2) is 38.9 Å². The lowest BCUT2D eigenvalue weighted by Crippen LogP contribution is -2.38. The molecule has 1 N–H and O–H groups in total. The second kappa shape index (κ2) is 7.58. The van der Waals surface area contributed by atoms with Gasteiger partial charge in [0.05, 0.1) is 4.90 Å². The second-order valence-electron chi connectivity index (χ2n) is 5.31. The Labute approximate surface area is 134 Å². The van der Waals surface area contributed by atoms with E-state index < -0.39 is 10.0 Å². The highest BCUT2D eigenvalue weighted by Crippen LogP contribution is 2.22. The molecule has 0 spiro atoms. The van der Waals surface area contributed by atoms with E-state index in [2.05, 4.69) is 19.2 Å². The highest BCUT2D eigenvalue weighted by Gasteiger charge is 2.30.